The predicted molar refractivity (Wildman–Crippen MR) is 78.6 cm³/mol. The van der Waals surface area contributed by atoms with Gasteiger partial charge in [-0.1, -0.05) is 27.5 Å². The molecule has 18 heavy (non-hydrogen) atoms. The Morgan fingerprint density at radius 1 is 1.28 bits per heavy atom. The minimum Gasteiger partial charge on any atom is -0.306 e. The highest BCUT2D eigenvalue weighted by atomic mass is 79.9. The molecule has 2 nitrogen and oxygen atoms in total. The summed E-state index contributed by atoms with van der Waals surface area (Å²) in [5, 5.41) is 4.22. The van der Waals surface area contributed by atoms with Gasteiger partial charge in [0.25, 0.3) is 0 Å². The zero-order chi connectivity index (χ0) is 13.0. The van der Waals surface area contributed by atoms with Crippen molar-refractivity contribution in [3.8, 4) is 0 Å². The molecule has 0 radical (unpaired) electrons. The van der Waals surface area contributed by atoms with Crippen molar-refractivity contribution in [1.82, 2.24) is 10.3 Å². The fourth-order valence-corrected chi connectivity index (χ4v) is 2.29. The molecule has 0 saturated heterocycles. The van der Waals surface area contributed by atoms with Crippen molar-refractivity contribution in [2.75, 3.05) is 0 Å². The van der Waals surface area contributed by atoms with Crippen LogP contribution in [-0.4, -0.2) is 4.98 Å². The van der Waals surface area contributed by atoms with E-state index in [1.807, 2.05) is 42.7 Å². The van der Waals surface area contributed by atoms with E-state index in [2.05, 4.69) is 33.2 Å². The number of aromatic nitrogens is 1. The van der Waals surface area contributed by atoms with Crippen LogP contribution in [0, 0.1) is 0 Å². The minimum atomic E-state index is 0.277. The maximum absolute atomic E-state index is 5.99. The van der Waals surface area contributed by atoms with Gasteiger partial charge in [0.05, 0.1) is 0 Å². The molecule has 2 rings (SSSR count). The Bertz CT molecular complexity index is 516. The van der Waals surface area contributed by atoms with Crippen LogP contribution >= 0.6 is 27.5 Å². The quantitative estimate of drug-likeness (QED) is 0.904. The highest BCUT2D eigenvalue weighted by molar-refractivity contribution is 9.10. The maximum Gasteiger partial charge on any atom is 0.0410 e. The van der Waals surface area contributed by atoms with E-state index >= 15 is 0 Å². The molecule has 0 bridgehead atoms. The number of hydrogen-bond acceptors (Lipinski definition) is 2. The first-order valence-electron chi connectivity index (χ1n) is 5.74. The lowest BCUT2D eigenvalue weighted by Crippen LogP contribution is -2.18. The molecule has 94 valence electrons. The number of rotatable bonds is 4. The number of pyridine rings is 1. The molecule has 1 N–H and O–H groups in total. The second-order valence-electron chi connectivity index (χ2n) is 4.12. The van der Waals surface area contributed by atoms with Gasteiger partial charge in [0.1, 0.15) is 0 Å². The van der Waals surface area contributed by atoms with Gasteiger partial charge in [-0.15, -0.1) is 0 Å². The average Bonchev–Trinajstić information content (AvgIpc) is 2.40. The van der Waals surface area contributed by atoms with E-state index in [1.165, 1.54) is 5.56 Å². The molecule has 0 spiro atoms. The third kappa shape index (κ3) is 3.55. The highest BCUT2D eigenvalue weighted by Crippen LogP contribution is 2.22. The van der Waals surface area contributed by atoms with E-state index in [9.17, 15) is 0 Å². The molecule has 0 aliphatic heterocycles. The number of benzene rings is 1. The molecular weight excluding hydrogens is 312 g/mol. The van der Waals surface area contributed by atoms with Crippen LogP contribution in [0.1, 0.15) is 24.1 Å². The molecule has 1 atom stereocenters. The van der Waals surface area contributed by atoms with Crippen LogP contribution in [0.15, 0.2) is 47.2 Å². The van der Waals surface area contributed by atoms with Crippen molar-refractivity contribution in [2.24, 2.45) is 0 Å². The van der Waals surface area contributed by atoms with Gasteiger partial charge in [0, 0.05) is 34.5 Å². The van der Waals surface area contributed by atoms with Gasteiger partial charge in [-0.3, -0.25) is 4.98 Å². The van der Waals surface area contributed by atoms with E-state index in [-0.39, 0.29) is 6.04 Å². The Morgan fingerprint density at radius 2 is 2.00 bits per heavy atom. The van der Waals surface area contributed by atoms with E-state index in [4.69, 9.17) is 11.6 Å². The third-order valence-electron chi connectivity index (χ3n) is 2.81. The lowest BCUT2D eigenvalue weighted by molar-refractivity contribution is 0.573. The summed E-state index contributed by atoms with van der Waals surface area (Å²) >= 11 is 9.52. The SMILES string of the molecule is CC(NCc1cc(Cl)ccc1Br)c1ccncc1. The Morgan fingerprint density at radius 3 is 2.72 bits per heavy atom. The van der Waals surface area contributed by atoms with Gasteiger partial charge in [-0.2, -0.15) is 0 Å². The Kier molecular flexibility index (Phi) is 4.75. The molecular formula is C14H14BrClN2. The van der Waals surface area contributed by atoms with E-state index in [1.54, 1.807) is 0 Å². The van der Waals surface area contributed by atoms with Crippen LogP contribution in [0.25, 0.3) is 0 Å². The Hall–Kier alpha value is -0.900. The molecule has 1 unspecified atom stereocenters. The van der Waals surface area contributed by atoms with Crippen molar-refractivity contribution in [3.05, 3.63) is 63.3 Å². The number of halogens is 2. The summed E-state index contributed by atoms with van der Waals surface area (Å²) in [6.07, 6.45) is 3.62. The van der Waals surface area contributed by atoms with E-state index < -0.39 is 0 Å². The smallest absolute Gasteiger partial charge is 0.0410 e. The van der Waals surface area contributed by atoms with Crippen molar-refractivity contribution >= 4 is 27.5 Å². The zero-order valence-electron chi connectivity index (χ0n) is 10.0. The average molecular weight is 326 g/mol. The van der Waals surface area contributed by atoms with Crippen LogP contribution in [0.4, 0.5) is 0 Å². The molecule has 0 aliphatic rings. The lowest BCUT2D eigenvalue weighted by Gasteiger charge is -2.15. The maximum atomic E-state index is 5.99. The molecule has 2 aromatic rings. The van der Waals surface area contributed by atoms with Crippen molar-refractivity contribution < 1.29 is 0 Å². The standard InChI is InChI=1S/C14H14BrClN2/c1-10(11-4-6-17-7-5-11)18-9-12-8-13(16)2-3-14(12)15/h2-8,10,18H,9H2,1H3. The molecule has 1 aromatic heterocycles. The van der Waals surface area contributed by atoms with Gasteiger partial charge in [0.15, 0.2) is 0 Å². The first kappa shape index (κ1) is 13.5. The Labute approximate surface area is 121 Å². The number of nitrogens with zero attached hydrogens (tertiary/aromatic N) is 1. The fourth-order valence-electron chi connectivity index (χ4n) is 1.71. The molecule has 0 aliphatic carbocycles. The van der Waals surface area contributed by atoms with Gasteiger partial charge < -0.3 is 5.32 Å². The van der Waals surface area contributed by atoms with Crippen LogP contribution in [0.5, 0.6) is 0 Å². The fraction of sp³-hybridized carbons (Fsp3) is 0.214. The van der Waals surface area contributed by atoms with Crippen molar-refractivity contribution in [2.45, 2.75) is 19.5 Å². The van der Waals surface area contributed by atoms with Crippen LogP contribution in [0.3, 0.4) is 0 Å². The van der Waals surface area contributed by atoms with Gasteiger partial charge in [-0.25, -0.2) is 0 Å². The van der Waals surface area contributed by atoms with Gasteiger partial charge in [0.2, 0.25) is 0 Å². The summed E-state index contributed by atoms with van der Waals surface area (Å²) in [4.78, 5) is 4.02. The first-order valence-corrected chi connectivity index (χ1v) is 6.91. The van der Waals surface area contributed by atoms with Crippen LogP contribution in [0.2, 0.25) is 5.02 Å². The first-order chi connectivity index (χ1) is 8.66. The van der Waals surface area contributed by atoms with Crippen molar-refractivity contribution in [1.29, 1.82) is 0 Å². The number of hydrogen-bond donors (Lipinski definition) is 1. The van der Waals surface area contributed by atoms with Gasteiger partial charge in [-0.05, 0) is 48.4 Å². The molecule has 1 aromatic carbocycles. The normalized spacial score (nSPS) is 12.4. The highest BCUT2D eigenvalue weighted by Gasteiger charge is 2.06. The van der Waals surface area contributed by atoms with Gasteiger partial charge >= 0.3 is 0 Å². The molecule has 0 fully saturated rings. The molecule has 0 saturated carbocycles. The predicted octanol–water partition coefficient (Wildman–Crippen LogP) is 4.35. The number of nitrogens with one attached hydrogen (secondary N) is 1. The minimum absolute atomic E-state index is 0.277. The summed E-state index contributed by atoms with van der Waals surface area (Å²) in [5.74, 6) is 0. The summed E-state index contributed by atoms with van der Waals surface area (Å²) in [6.45, 7) is 2.90. The van der Waals surface area contributed by atoms with Crippen LogP contribution < -0.4 is 5.32 Å². The zero-order valence-corrected chi connectivity index (χ0v) is 12.4. The topological polar surface area (TPSA) is 24.9 Å². The lowest BCUT2D eigenvalue weighted by atomic mass is 10.1. The summed E-state index contributed by atoms with van der Waals surface area (Å²) in [5.41, 5.74) is 2.38. The van der Waals surface area contributed by atoms with Crippen molar-refractivity contribution in [3.63, 3.8) is 0 Å². The molecule has 1 heterocycles. The largest absolute Gasteiger partial charge is 0.306 e. The Balaban J connectivity index is 2.01. The summed E-state index contributed by atoms with van der Waals surface area (Å²) in [7, 11) is 0. The molecule has 4 heteroatoms. The second kappa shape index (κ2) is 6.32. The van der Waals surface area contributed by atoms with E-state index in [0.717, 1.165) is 21.6 Å². The molecule has 0 amide bonds. The van der Waals surface area contributed by atoms with E-state index in [0.29, 0.717) is 0 Å². The third-order valence-corrected chi connectivity index (χ3v) is 3.82. The summed E-state index contributed by atoms with van der Waals surface area (Å²) in [6, 6.07) is 10.1. The second-order valence-corrected chi connectivity index (χ2v) is 5.41. The summed E-state index contributed by atoms with van der Waals surface area (Å²) < 4.78 is 1.07. The van der Waals surface area contributed by atoms with Crippen LogP contribution in [-0.2, 0) is 6.54 Å². The monoisotopic (exact) mass is 324 g/mol.